The van der Waals surface area contributed by atoms with Gasteiger partial charge in [0.2, 0.25) is 0 Å². The molecule has 19 heavy (non-hydrogen) atoms. The molecule has 0 saturated carbocycles. The Labute approximate surface area is 115 Å². The summed E-state index contributed by atoms with van der Waals surface area (Å²) in [7, 11) is 2.00. The van der Waals surface area contributed by atoms with Crippen LogP contribution in [-0.4, -0.2) is 52.5 Å². The predicted octanol–water partition coefficient (Wildman–Crippen LogP) is 0.0837. The molecule has 0 aromatic carbocycles. The number of aromatic nitrogens is 1. The van der Waals surface area contributed by atoms with Crippen LogP contribution in [0.3, 0.4) is 0 Å². The summed E-state index contributed by atoms with van der Waals surface area (Å²) in [5.41, 5.74) is 6.61. The molecule has 0 atom stereocenters. The van der Waals surface area contributed by atoms with Gasteiger partial charge < -0.3 is 21.2 Å². The van der Waals surface area contributed by atoms with Crippen LogP contribution in [-0.2, 0) is 0 Å². The van der Waals surface area contributed by atoms with E-state index in [4.69, 9.17) is 10.9 Å². The van der Waals surface area contributed by atoms with Crippen LogP contribution < -0.4 is 11.1 Å². The van der Waals surface area contributed by atoms with Crippen molar-refractivity contribution in [1.82, 2.24) is 15.2 Å². The molecule has 0 radical (unpaired) electrons. The van der Waals surface area contributed by atoms with Crippen molar-refractivity contribution in [2.24, 2.45) is 10.9 Å². The van der Waals surface area contributed by atoms with Crippen LogP contribution in [0.4, 0.5) is 0 Å². The Hall–Kier alpha value is -1.67. The summed E-state index contributed by atoms with van der Waals surface area (Å²) >= 11 is 1.26. The van der Waals surface area contributed by atoms with E-state index in [9.17, 15) is 4.79 Å². The molecule has 0 bridgehead atoms. The number of amides is 1. The number of carbonyl (C=O) groups is 1. The van der Waals surface area contributed by atoms with Crippen molar-refractivity contribution in [2.45, 2.75) is 18.4 Å². The monoisotopic (exact) mass is 283 g/mol. The number of carbonyl (C=O) groups excluding carboxylic acids is 1. The fraction of sp³-hybridized carbons (Fsp3) is 0.545. The van der Waals surface area contributed by atoms with Gasteiger partial charge in [0.05, 0.1) is 11.7 Å². The second kappa shape index (κ2) is 5.54. The van der Waals surface area contributed by atoms with E-state index in [2.05, 4.69) is 20.4 Å². The number of likely N-dealkylation sites (tertiary alicyclic amines) is 1. The third-order valence-electron chi connectivity index (χ3n) is 3.45. The Bertz CT molecular complexity index is 465. The molecule has 1 amide bonds. The number of rotatable bonds is 3. The molecular formula is C11H17N5O2S. The summed E-state index contributed by atoms with van der Waals surface area (Å²) in [5.74, 6) is -0.183. The fourth-order valence-corrected chi connectivity index (χ4v) is 2.66. The maximum atomic E-state index is 12.1. The second-order valence-corrected chi connectivity index (χ2v) is 5.58. The maximum absolute atomic E-state index is 12.1. The van der Waals surface area contributed by atoms with Crippen LogP contribution in [0.15, 0.2) is 16.9 Å². The first-order chi connectivity index (χ1) is 9.07. The van der Waals surface area contributed by atoms with Crippen LogP contribution in [0.25, 0.3) is 0 Å². The zero-order valence-corrected chi connectivity index (χ0v) is 11.5. The lowest BCUT2D eigenvalue weighted by Crippen LogP contribution is -2.62. The number of thiazole rings is 1. The number of hydrogen-bond donors (Lipinski definition) is 3. The van der Waals surface area contributed by atoms with Crippen molar-refractivity contribution in [3.8, 4) is 0 Å². The zero-order chi connectivity index (χ0) is 13.9. The Morgan fingerprint density at radius 3 is 2.84 bits per heavy atom. The Kier molecular flexibility index (Phi) is 4.01. The third kappa shape index (κ3) is 2.85. The molecule has 1 aliphatic rings. The maximum Gasteiger partial charge on any atom is 0.263 e. The van der Waals surface area contributed by atoms with Gasteiger partial charge in [0, 0.05) is 13.1 Å². The summed E-state index contributed by atoms with van der Waals surface area (Å²) < 4.78 is 0. The van der Waals surface area contributed by atoms with E-state index in [1.54, 1.807) is 5.51 Å². The summed E-state index contributed by atoms with van der Waals surface area (Å²) in [5, 5.41) is 14.9. The van der Waals surface area contributed by atoms with E-state index >= 15 is 0 Å². The molecule has 0 unspecified atom stereocenters. The van der Waals surface area contributed by atoms with E-state index < -0.39 is 5.54 Å². The lowest BCUT2D eigenvalue weighted by atomic mass is 9.86. The van der Waals surface area contributed by atoms with Crippen molar-refractivity contribution >= 4 is 23.1 Å². The van der Waals surface area contributed by atoms with Gasteiger partial charge in [-0.15, -0.1) is 11.3 Å². The number of nitrogens with two attached hydrogens (primary N) is 1. The van der Waals surface area contributed by atoms with E-state index in [0.717, 1.165) is 13.1 Å². The number of nitrogens with one attached hydrogen (secondary N) is 1. The number of nitrogens with zero attached hydrogens (tertiary/aromatic N) is 3. The SMILES string of the molecule is CN1CCC(NC(=O)c2cncs2)(C(N)=NO)CC1. The van der Waals surface area contributed by atoms with Crippen molar-refractivity contribution in [1.29, 1.82) is 0 Å². The number of piperidine rings is 1. The molecule has 1 fully saturated rings. The Balaban J connectivity index is 2.17. The minimum atomic E-state index is -0.775. The van der Waals surface area contributed by atoms with Crippen molar-refractivity contribution < 1.29 is 10.0 Å². The van der Waals surface area contributed by atoms with Crippen molar-refractivity contribution in [3.63, 3.8) is 0 Å². The molecule has 0 aliphatic carbocycles. The highest BCUT2D eigenvalue weighted by atomic mass is 32.1. The van der Waals surface area contributed by atoms with Crippen LogP contribution >= 0.6 is 11.3 Å². The molecular weight excluding hydrogens is 266 g/mol. The Morgan fingerprint density at radius 2 is 2.32 bits per heavy atom. The molecule has 4 N–H and O–H groups in total. The van der Waals surface area contributed by atoms with Crippen molar-refractivity contribution in [3.05, 3.63) is 16.6 Å². The zero-order valence-electron chi connectivity index (χ0n) is 10.7. The van der Waals surface area contributed by atoms with E-state index in [1.165, 1.54) is 17.5 Å². The summed E-state index contributed by atoms with van der Waals surface area (Å²) in [6.45, 7) is 1.55. The molecule has 104 valence electrons. The van der Waals surface area contributed by atoms with Gasteiger partial charge in [-0.25, -0.2) is 0 Å². The van der Waals surface area contributed by atoms with Gasteiger partial charge in [0.1, 0.15) is 10.4 Å². The molecule has 1 aromatic rings. The standard InChI is InChI=1S/C11H17N5O2S/c1-16-4-2-11(3-5-16,10(12)15-18)14-9(17)8-6-13-7-19-8/h6-7,18H,2-5H2,1H3,(H2,12,15)(H,14,17). The lowest BCUT2D eigenvalue weighted by molar-refractivity contribution is 0.0890. The molecule has 1 aliphatic heterocycles. The van der Waals surface area contributed by atoms with Gasteiger partial charge in [-0.1, -0.05) is 5.16 Å². The van der Waals surface area contributed by atoms with Crippen LogP contribution in [0.5, 0.6) is 0 Å². The minimum Gasteiger partial charge on any atom is -0.409 e. The van der Waals surface area contributed by atoms with Gasteiger partial charge in [0.25, 0.3) is 5.91 Å². The molecule has 8 heteroatoms. The highest BCUT2D eigenvalue weighted by molar-refractivity contribution is 7.11. The fourth-order valence-electron chi connectivity index (χ4n) is 2.15. The summed E-state index contributed by atoms with van der Waals surface area (Å²) in [6, 6.07) is 0. The van der Waals surface area contributed by atoms with Gasteiger partial charge in [-0.2, -0.15) is 0 Å². The van der Waals surface area contributed by atoms with Crippen LogP contribution in [0.2, 0.25) is 0 Å². The average molecular weight is 283 g/mol. The lowest BCUT2D eigenvalue weighted by Gasteiger charge is -2.39. The topological polar surface area (TPSA) is 104 Å². The third-order valence-corrected chi connectivity index (χ3v) is 4.22. The summed E-state index contributed by atoms with van der Waals surface area (Å²) in [6.07, 6.45) is 2.74. The minimum absolute atomic E-state index is 0.0541. The molecule has 7 nitrogen and oxygen atoms in total. The molecule has 1 aromatic heterocycles. The quantitative estimate of drug-likeness (QED) is 0.315. The first-order valence-corrected chi connectivity index (χ1v) is 6.83. The first-order valence-electron chi connectivity index (χ1n) is 5.95. The van der Waals surface area contributed by atoms with Crippen LogP contribution in [0.1, 0.15) is 22.5 Å². The van der Waals surface area contributed by atoms with E-state index in [1.807, 2.05) is 7.05 Å². The molecule has 2 heterocycles. The van der Waals surface area contributed by atoms with E-state index in [-0.39, 0.29) is 11.7 Å². The van der Waals surface area contributed by atoms with Crippen molar-refractivity contribution in [2.75, 3.05) is 20.1 Å². The number of amidine groups is 1. The smallest absolute Gasteiger partial charge is 0.263 e. The predicted molar refractivity (Wildman–Crippen MR) is 72.5 cm³/mol. The summed E-state index contributed by atoms with van der Waals surface area (Å²) in [4.78, 5) is 18.7. The molecule has 1 saturated heterocycles. The Morgan fingerprint density at radius 1 is 1.63 bits per heavy atom. The van der Waals surface area contributed by atoms with Gasteiger partial charge in [-0.05, 0) is 19.9 Å². The molecule has 0 spiro atoms. The second-order valence-electron chi connectivity index (χ2n) is 4.69. The molecule has 2 rings (SSSR count). The first kappa shape index (κ1) is 13.8. The van der Waals surface area contributed by atoms with Gasteiger partial charge in [-0.3, -0.25) is 9.78 Å². The van der Waals surface area contributed by atoms with Gasteiger partial charge in [0.15, 0.2) is 5.84 Å². The van der Waals surface area contributed by atoms with Crippen LogP contribution in [0, 0.1) is 0 Å². The number of oxime groups is 1. The number of hydrogen-bond acceptors (Lipinski definition) is 6. The highest BCUT2D eigenvalue weighted by Crippen LogP contribution is 2.23. The largest absolute Gasteiger partial charge is 0.409 e. The average Bonchev–Trinajstić information content (AvgIpc) is 2.95. The normalized spacial score (nSPS) is 20.2. The van der Waals surface area contributed by atoms with Gasteiger partial charge >= 0.3 is 0 Å². The highest BCUT2D eigenvalue weighted by Gasteiger charge is 2.39. The van der Waals surface area contributed by atoms with E-state index in [0.29, 0.717) is 17.7 Å².